The monoisotopic (exact) mass is 319 g/mol. The van der Waals surface area contributed by atoms with Gasteiger partial charge in [0.05, 0.1) is 16.6 Å². The summed E-state index contributed by atoms with van der Waals surface area (Å²) in [5.41, 5.74) is -1.89. The molecule has 0 aliphatic carbocycles. The van der Waals surface area contributed by atoms with Crippen molar-refractivity contribution in [2.24, 2.45) is 0 Å². The molecule has 1 aromatic rings. The Morgan fingerprint density at radius 1 is 1.37 bits per heavy atom. The van der Waals surface area contributed by atoms with Gasteiger partial charge in [-0.15, -0.1) is 12.4 Å². The Hall–Kier alpha value is -1.21. The second kappa shape index (κ2) is 5.42. The van der Waals surface area contributed by atoms with Crippen LogP contribution in [0.3, 0.4) is 0 Å². The molecule has 0 radical (unpaired) electrons. The molecular formula is C10H7Cl2F4NO2. The fraction of sp³-hybridized carbons (Fsp3) is 0.300. The highest BCUT2D eigenvalue weighted by atomic mass is 35.5. The quantitative estimate of drug-likeness (QED) is 0.801. The zero-order chi connectivity index (χ0) is 13.5. The Labute approximate surface area is 116 Å². The van der Waals surface area contributed by atoms with Crippen LogP contribution in [-0.4, -0.2) is 12.7 Å². The van der Waals surface area contributed by atoms with Gasteiger partial charge in [0.2, 0.25) is 0 Å². The van der Waals surface area contributed by atoms with Crippen LogP contribution in [0.25, 0.3) is 0 Å². The number of benzene rings is 1. The summed E-state index contributed by atoms with van der Waals surface area (Å²) in [7, 11) is 0. The van der Waals surface area contributed by atoms with Crippen LogP contribution in [0.1, 0.15) is 17.2 Å². The van der Waals surface area contributed by atoms with Gasteiger partial charge < -0.3 is 10.1 Å². The van der Waals surface area contributed by atoms with Crippen LogP contribution in [0.2, 0.25) is 5.02 Å². The summed E-state index contributed by atoms with van der Waals surface area (Å²) in [6, 6.07) is 0.291. The van der Waals surface area contributed by atoms with E-state index in [1.165, 1.54) is 0 Å². The van der Waals surface area contributed by atoms with Crippen molar-refractivity contribution in [3.63, 3.8) is 0 Å². The van der Waals surface area contributed by atoms with Gasteiger partial charge in [-0.25, -0.2) is 9.18 Å². The number of halogens is 6. The lowest BCUT2D eigenvalue weighted by Crippen LogP contribution is -2.23. The van der Waals surface area contributed by atoms with Gasteiger partial charge in [0.15, 0.2) is 0 Å². The maximum absolute atomic E-state index is 13.7. The molecule has 0 unspecified atom stereocenters. The minimum absolute atomic E-state index is 0. The Morgan fingerprint density at radius 3 is 2.47 bits per heavy atom. The number of alkyl carbamates (subject to hydrolysis) is 1. The van der Waals surface area contributed by atoms with E-state index in [1.807, 2.05) is 0 Å². The Bertz CT molecular complexity index is 507. The lowest BCUT2D eigenvalue weighted by molar-refractivity contribution is -0.138. The number of cyclic esters (lactones) is 1. The summed E-state index contributed by atoms with van der Waals surface area (Å²) in [6.45, 7) is -0.376. The number of carbonyl (C=O) groups is 1. The first kappa shape index (κ1) is 15.8. The molecule has 1 aliphatic heterocycles. The summed E-state index contributed by atoms with van der Waals surface area (Å²) in [5, 5.41) is 1.65. The van der Waals surface area contributed by atoms with E-state index in [1.54, 1.807) is 0 Å². The van der Waals surface area contributed by atoms with Crippen molar-refractivity contribution in [1.82, 2.24) is 5.32 Å². The van der Waals surface area contributed by atoms with Gasteiger partial charge >= 0.3 is 12.3 Å². The van der Waals surface area contributed by atoms with E-state index in [4.69, 9.17) is 11.6 Å². The molecule has 1 aromatic carbocycles. The van der Waals surface area contributed by atoms with E-state index in [0.29, 0.717) is 6.07 Å². The molecule has 1 aliphatic rings. The summed E-state index contributed by atoms with van der Waals surface area (Å²) in [5.74, 6) is -1.21. The van der Waals surface area contributed by atoms with Crippen molar-refractivity contribution in [3.8, 4) is 0 Å². The molecule has 9 heteroatoms. The molecule has 1 atom stereocenters. The number of hydrogen-bond donors (Lipinski definition) is 1. The van der Waals surface area contributed by atoms with Crippen LogP contribution >= 0.6 is 24.0 Å². The third kappa shape index (κ3) is 3.03. The highest BCUT2D eigenvalue weighted by Gasteiger charge is 2.39. The van der Waals surface area contributed by atoms with Crippen LogP contribution in [0.15, 0.2) is 12.1 Å². The standard InChI is InChI=1S/C10H6ClF4NO2.ClH/c11-5-2-1-4(10(13,14)15)7(8(5)12)6-3-18-9(17)16-6;/h1-2,6H,3H2,(H,16,17);1H/t6-;/m1./s1. The molecule has 1 fully saturated rings. The Balaban J connectivity index is 0.00000180. The van der Waals surface area contributed by atoms with Crippen LogP contribution in [-0.2, 0) is 10.9 Å². The average molecular weight is 320 g/mol. The van der Waals surface area contributed by atoms with Crippen molar-refractivity contribution in [2.75, 3.05) is 6.61 Å². The summed E-state index contributed by atoms with van der Waals surface area (Å²) >= 11 is 5.45. The predicted octanol–water partition coefficient (Wildman–Crippen LogP) is 3.70. The molecule has 0 bridgehead atoms. The van der Waals surface area contributed by atoms with Gasteiger partial charge in [-0.3, -0.25) is 0 Å². The molecule has 19 heavy (non-hydrogen) atoms. The van der Waals surface area contributed by atoms with Crippen molar-refractivity contribution < 1.29 is 27.1 Å². The smallest absolute Gasteiger partial charge is 0.416 e. The van der Waals surface area contributed by atoms with Gasteiger partial charge in [0.25, 0.3) is 0 Å². The molecule has 0 saturated carbocycles. The minimum Gasteiger partial charge on any atom is -0.447 e. The largest absolute Gasteiger partial charge is 0.447 e. The first-order chi connectivity index (χ1) is 8.30. The molecule has 3 nitrogen and oxygen atoms in total. The van der Waals surface area contributed by atoms with Crippen LogP contribution in [0.4, 0.5) is 22.4 Å². The zero-order valence-corrected chi connectivity index (χ0v) is 10.6. The average Bonchev–Trinajstić information content (AvgIpc) is 2.66. The summed E-state index contributed by atoms with van der Waals surface area (Å²) in [4.78, 5) is 10.8. The summed E-state index contributed by atoms with van der Waals surface area (Å²) in [6.07, 6.45) is -5.64. The summed E-state index contributed by atoms with van der Waals surface area (Å²) < 4.78 is 56.4. The van der Waals surface area contributed by atoms with E-state index in [2.05, 4.69) is 10.1 Å². The highest BCUT2D eigenvalue weighted by molar-refractivity contribution is 6.30. The molecular weight excluding hydrogens is 313 g/mol. The van der Waals surface area contributed by atoms with Gasteiger partial charge in [0, 0.05) is 5.56 Å². The SMILES string of the molecule is Cl.O=C1N[C@@H](c2c(C(F)(F)F)ccc(Cl)c2F)CO1. The first-order valence-electron chi connectivity index (χ1n) is 4.79. The highest BCUT2D eigenvalue weighted by Crippen LogP contribution is 2.38. The van der Waals surface area contributed by atoms with Gasteiger partial charge in [-0.1, -0.05) is 11.6 Å². The van der Waals surface area contributed by atoms with E-state index >= 15 is 0 Å². The third-order valence-corrected chi connectivity index (χ3v) is 2.75. The van der Waals surface area contributed by atoms with Crippen LogP contribution in [0, 0.1) is 5.82 Å². The second-order valence-electron chi connectivity index (χ2n) is 3.62. The number of ether oxygens (including phenoxy) is 1. The normalized spacial score (nSPS) is 18.6. The second-order valence-corrected chi connectivity index (χ2v) is 4.02. The van der Waals surface area contributed by atoms with E-state index in [0.717, 1.165) is 6.07 Å². The maximum atomic E-state index is 13.7. The van der Waals surface area contributed by atoms with E-state index < -0.39 is 40.3 Å². The molecule has 2 rings (SSSR count). The van der Waals surface area contributed by atoms with Gasteiger partial charge in [0.1, 0.15) is 12.4 Å². The molecule has 1 saturated heterocycles. The number of rotatable bonds is 1. The lowest BCUT2D eigenvalue weighted by Gasteiger charge is -2.17. The molecule has 106 valence electrons. The number of carbonyl (C=O) groups excluding carboxylic acids is 1. The number of alkyl halides is 3. The van der Waals surface area contributed by atoms with Crippen molar-refractivity contribution >= 4 is 30.1 Å². The maximum Gasteiger partial charge on any atom is 0.416 e. The molecule has 1 N–H and O–H groups in total. The van der Waals surface area contributed by atoms with Crippen LogP contribution in [0.5, 0.6) is 0 Å². The molecule has 0 spiro atoms. The van der Waals surface area contributed by atoms with Crippen molar-refractivity contribution in [1.29, 1.82) is 0 Å². The first-order valence-corrected chi connectivity index (χ1v) is 5.17. The zero-order valence-electron chi connectivity index (χ0n) is 9.05. The number of amides is 1. The predicted molar refractivity (Wildman–Crippen MR) is 60.9 cm³/mol. The number of nitrogens with one attached hydrogen (secondary N) is 1. The van der Waals surface area contributed by atoms with Gasteiger partial charge in [-0.05, 0) is 12.1 Å². The lowest BCUT2D eigenvalue weighted by atomic mass is 10.00. The van der Waals surface area contributed by atoms with Gasteiger partial charge in [-0.2, -0.15) is 13.2 Å². The van der Waals surface area contributed by atoms with Crippen molar-refractivity contribution in [2.45, 2.75) is 12.2 Å². The Kier molecular flexibility index (Phi) is 4.52. The van der Waals surface area contributed by atoms with E-state index in [-0.39, 0.29) is 19.0 Å². The third-order valence-electron chi connectivity index (χ3n) is 2.46. The Morgan fingerprint density at radius 2 is 2.00 bits per heavy atom. The molecule has 1 heterocycles. The molecule has 1 amide bonds. The molecule has 0 aromatic heterocycles. The van der Waals surface area contributed by atoms with E-state index in [9.17, 15) is 22.4 Å². The minimum atomic E-state index is -4.74. The number of hydrogen-bond acceptors (Lipinski definition) is 2. The van der Waals surface area contributed by atoms with Crippen molar-refractivity contribution in [3.05, 3.63) is 34.1 Å². The fourth-order valence-electron chi connectivity index (χ4n) is 1.69. The fourth-order valence-corrected chi connectivity index (χ4v) is 1.86. The van der Waals surface area contributed by atoms with Crippen LogP contribution < -0.4 is 5.32 Å². The topological polar surface area (TPSA) is 38.3 Å².